The molecule has 0 aliphatic rings. The monoisotopic (exact) mass is 394 g/mol. The molecule has 7 nitrogen and oxygen atoms in total. The predicted octanol–water partition coefficient (Wildman–Crippen LogP) is 1.25. The van der Waals surface area contributed by atoms with E-state index in [-0.39, 0.29) is 16.3 Å². The lowest BCUT2D eigenvalue weighted by Crippen LogP contribution is -2.30. The summed E-state index contributed by atoms with van der Waals surface area (Å²) >= 11 is 0. The van der Waals surface area contributed by atoms with Crippen LogP contribution in [0, 0.1) is 5.82 Å². The average Bonchev–Trinajstić information content (AvgIpc) is 2.67. The second kappa shape index (κ2) is 9.24. The van der Waals surface area contributed by atoms with Crippen LogP contribution in [0.2, 0.25) is 0 Å². The van der Waals surface area contributed by atoms with Crippen molar-refractivity contribution < 1.29 is 27.1 Å². The zero-order valence-electron chi connectivity index (χ0n) is 14.6. The van der Waals surface area contributed by atoms with Crippen LogP contribution in [0.25, 0.3) is 0 Å². The Kier molecular flexibility index (Phi) is 7.03. The summed E-state index contributed by atoms with van der Waals surface area (Å²) in [6, 6.07) is 11.2. The maximum atomic E-state index is 12.8. The standard InChI is InChI=1S/C18H19FN2O5S/c1-20-27(24,25)16-4-2-3-14(11-16)18(23)26-12-17(22)21-10-9-13-5-7-15(19)8-6-13/h2-8,11,20H,9-10,12H2,1H3,(H,21,22). The first-order valence-corrected chi connectivity index (χ1v) is 9.52. The van der Waals surface area contributed by atoms with Gasteiger partial charge in [0.15, 0.2) is 6.61 Å². The van der Waals surface area contributed by atoms with E-state index in [1.54, 1.807) is 12.1 Å². The maximum absolute atomic E-state index is 12.8. The third-order valence-electron chi connectivity index (χ3n) is 3.63. The van der Waals surface area contributed by atoms with Crippen molar-refractivity contribution in [3.8, 4) is 0 Å². The number of carbonyl (C=O) groups excluding carboxylic acids is 2. The second-order valence-corrected chi connectivity index (χ2v) is 7.42. The highest BCUT2D eigenvalue weighted by molar-refractivity contribution is 7.89. The van der Waals surface area contributed by atoms with Crippen molar-refractivity contribution in [1.82, 2.24) is 10.0 Å². The lowest BCUT2D eigenvalue weighted by atomic mass is 10.1. The maximum Gasteiger partial charge on any atom is 0.338 e. The summed E-state index contributed by atoms with van der Waals surface area (Å²) in [5, 5.41) is 2.58. The molecule has 2 aromatic rings. The van der Waals surface area contributed by atoms with E-state index in [2.05, 4.69) is 10.0 Å². The van der Waals surface area contributed by atoms with Crippen LogP contribution in [0.5, 0.6) is 0 Å². The minimum atomic E-state index is -3.69. The third-order valence-corrected chi connectivity index (χ3v) is 5.04. The number of carbonyl (C=O) groups is 2. The van der Waals surface area contributed by atoms with Crippen LogP contribution in [-0.4, -0.2) is 40.5 Å². The number of hydrogen-bond donors (Lipinski definition) is 2. The van der Waals surface area contributed by atoms with E-state index in [1.165, 1.54) is 43.4 Å². The molecule has 2 N–H and O–H groups in total. The topological polar surface area (TPSA) is 102 Å². The fourth-order valence-electron chi connectivity index (χ4n) is 2.17. The Balaban J connectivity index is 1.82. The first kappa shape index (κ1) is 20.5. The summed E-state index contributed by atoms with van der Waals surface area (Å²) in [7, 11) is -2.43. The van der Waals surface area contributed by atoms with Gasteiger partial charge in [-0.05, 0) is 49.4 Å². The number of hydrogen-bond acceptors (Lipinski definition) is 5. The van der Waals surface area contributed by atoms with Crippen LogP contribution in [0.15, 0.2) is 53.4 Å². The molecule has 0 aromatic heterocycles. The number of esters is 1. The lowest BCUT2D eigenvalue weighted by Gasteiger charge is -2.08. The van der Waals surface area contributed by atoms with E-state index in [0.29, 0.717) is 13.0 Å². The molecule has 144 valence electrons. The summed E-state index contributed by atoms with van der Waals surface area (Å²) in [6.45, 7) is -0.191. The Bertz CT molecular complexity index is 914. The van der Waals surface area contributed by atoms with E-state index in [1.807, 2.05) is 0 Å². The third kappa shape index (κ3) is 6.15. The van der Waals surface area contributed by atoms with Crippen LogP contribution in [0.3, 0.4) is 0 Å². The molecule has 9 heteroatoms. The zero-order valence-corrected chi connectivity index (χ0v) is 15.4. The van der Waals surface area contributed by atoms with Crippen molar-refractivity contribution in [1.29, 1.82) is 0 Å². The summed E-state index contributed by atoms with van der Waals surface area (Å²) in [5.41, 5.74) is 0.877. The number of benzene rings is 2. The molecule has 0 bridgehead atoms. The summed E-state index contributed by atoms with van der Waals surface area (Å²) < 4.78 is 43.3. The fraction of sp³-hybridized carbons (Fsp3) is 0.222. The molecule has 1 amide bonds. The number of ether oxygens (including phenoxy) is 1. The molecular formula is C18H19FN2O5S. The first-order valence-electron chi connectivity index (χ1n) is 8.04. The highest BCUT2D eigenvalue weighted by Crippen LogP contribution is 2.12. The van der Waals surface area contributed by atoms with Crippen LogP contribution in [-0.2, 0) is 26.0 Å². The first-order chi connectivity index (χ1) is 12.8. The van der Waals surface area contributed by atoms with Gasteiger partial charge in [-0.2, -0.15) is 0 Å². The van der Waals surface area contributed by atoms with Crippen molar-refractivity contribution in [3.05, 3.63) is 65.5 Å². The number of sulfonamides is 1. The van der Waals surface area contributed by atoms with Gasteiger partial charge in [-0.1, -0.05) is 18.2 Å². The number of rotatable bonds is 8. The summed E-state index contributed by atoms with van der Waals surface area (Å²) in [5.74, 6) is -1.64. The van der Waals surface area contributed by atoms with Gasteiger partial charge in [-0.25, -0.2) is 22.3 Å². The van der Waals surface area contributed by atoms with E-state index in [0.717, 1.165) is 5.56 Å². The molecule has 2 rings (SSSR count). The van der Waals surface area contributed by atoms with Crippen LogP contribution < -0.4 is 10.0 Å². The highest BCUT2D eigenvalue weighted by atomic mass is 32.2. The number of halogens is 1. The number of nitrogens with one attached hydrogen (secondary N) is 2. The van der Waals surface area contributed by atoms with Gasteiger partial charge in [-0.3, -0.25) is 4.79 Å². The van der Waals surface area contributed by atoms with Crippen molar-refractivity contribution in [3.63, 3.8) is 0 Å². The van der Waals surface area contributed by atoms with E-state index in [4.69, 9.17) is 4.74 Å². The van der Waals surface area contributed by atoms with E-state index in [9.17, 15) is 22.4 Å². The molecule has 0 saturated heterocycles. The zero-order chi connectivity index (χ0) is 19.9. The summed E-state index contributed by atoms with van der Waals surface area (Å²) in [4.78, 5) is 23.7. The predicted molar refractivity (Wildman–Crippen MR) is 96.1 cm³/mol. The van der Waals surface area contributed by atoms with Gasteiger partial charge in [0.05, 0.1) is 10.5 Å². The Morgan fingerprint density at radius 1 is 1.11 bits per heavy atom. The Hall–Kier alpha value is -2.78. The molecule has 0 unspecified atom stereocenters. The van der Waals surface area contributed by atoms with Crippen LogP contribution >= 0.6 is 0 Å². The molecule has 0 atom stereocenters. The minimum absolute atomic E-state index is 0.0189. The SMILES string of the molecule is CNS(=O)(=O)c1cccc(C(=O)OCC(=O)NCCc2ccc(F)cc2)c1. The molecule has 0 aliphatic heterocycles. The Labute approximate surface area is 156 Å². The molecular weight excluding hydrogens is 375 g/mol. The van der Waals surface area contributed by atoms with Gasteiger partial charge in [0.25, 0.3) is 5.91 Å². The van der Waals surface area contributed by atoms with Gasteiger partial charge in [0.2, 0.25) is 10.0 Å². The fourth-order valence-corrected chi connectivity index (χ4v) is 2.95. The molecule has 0 aliphatic carbocycles. The van der Waals surface area contributed by atoms with Gasteiger partial charge < -0.3 is 10.1 Å². The molecule has 0 heterocycles. The van der Waals surface area contributed by atoms with Crippen molar-refractivity contribution in [2.24, 2.45) is 0 Å². The molecule has 27 heavy (non-hydrogen) atoms. The van der Waals surface area contributed by atoms with Gasteiger partial charge in [0.1, 0.15) is 5.82 Å². The molecule has 2 aromatic carbocycles. The second-order valence-electron chi connectivity index (χ2n) is 5.54. The van der Waals surface area contributed by atoms with Gasteiger partial charge in [-0.15, -0.1) is 0 Å². The molecule has 0 spiro atoms. The van der Waals surface area contributed by atoms with Crippen molar-refractivity contribution >= 4 is 21.9 Å². The highest BCUT2D eigenvalue weighted by Gasteiger charge is 2.15. The van der Waals surface area contributed by atoms with E-state index < -0.39 is 28.5 Å². The van der Waals surface area contributed by atoms with Gasteiger partial charge >= 0.3 is 5.97 Å². The smallest absolute Gasteiger partial charge is 0.338 e. The number of amides is 1. The van der Waals surface area contributed by atoms with Crippen molar-refractivity contribution in [2.75, 3.05) is 20.2 Å². The minimum Gasteiger partial charge on any atom is -0.452 e. The normalized spacial score (nSPS) is 11.0. The Morgan fingerprint density at radius 3 is 2.48 bits per heavy atom. The average molecular weight is 394 g/mol. The molecule has 0 radical (unpaired) electrons. The van der Waals surface area contributed by atoms with Crippen molar-refractivity contribution in [2.45, 2.75) is 11.3 Å². The van der Waals surface area contributed by atoms with Gasteiger partial charge in [0, 0.05) is 6.54 Å². The molecule has 0 fully saturated rings. The largest absolute Gasteiger partial charge is 0.452 e. The summed E-state index contributed by atoms with van der Waals surface area (Å²) in [6.07, 6.45) is 0.504. The quantitative estimate of drug-likeness (QED) is 0.656. The van der Waals surface area contributed by atoms with E-state index >= 15 is 0 Å². The van der Waals surface area contributed by atoms with Crippen LogP contribution in [0.1, 0.15) is 15.9 Å². The Morgan fingerprint density at radius 2 is 1.81 bits per heavy atom. The van der Waals surface area contributed by atoms with Crippen LogP contribution in [0.4, 0.5) is 4.39 Å². The lowest BCUT2D eigenvalue weighted by molar-refractivity contribution is -0.124. The molecule has 0 saturated carbocycles.